The SMILES string of the molecule is O=S(=O)(c1cccc2cnccc12)N1CC[C@@H]2NCC[C@@H]21. The van der Waals surface area contributed by atoms with Crippen molar-refractivity contribution in [3.63, 3.8) is 0 Å². The standard InChI is InChI=1S/C15H17N3O2S/c19-21(20,18-9-6-13-14(18)5-8-17-13)15-3-1-2-11-10-16-7-4-12(11)15/h1-4,7,10,13-14,17H,5-6,8-9H2/t13-,14-/m0/s1. The van der Waals surface area contributed by atoms with E-state index in [1.54, 1.807) is 34.9 Å². The number of benzene rings is 1. The third-order valence-electron chi connectivity index (χ3n) is 4.57. The van der Waals surface area contributed by atoms with E-state index in [0.29, 0.717) is 17.5 Å². The first-order valence-electron chi connectivity index (χ1n) is 7.26. The Morgan fingerprint density at radius 1 is 1.24 bits per heavy atom. The Balaban J connectivity index is 1.84. The van der Waals surface area contributed by atoms with Crippen molar-refractivity contribution in [3.8, 4) is 0 Å². The average Bonchev–Trinajstić information content (AvgIpc) is 3.09. The van der Waals surface area contributed by atoms with Crippen LogP contribution in [0.15, 0.2) is 41.6 Å². The van der Waals surface area contributed by atoms with Gasteiger partial charge in [0, 0.05) is 41.8 Å². The van der Waals surface area contributed by atoms with Crippen molar-refractivity contribution in [2.24, 2.45) is 0 Å². The van der Waals surface area contributed by atoms with Crippen molar-refractivity contribution in [3.05, 3.63) is 36.7 Å². The van der Waals surface area contributed by atoms with E-state index >= 15 is 0 Å². The summed E-state index contributed by atoms with van der Waals surface area (Å²) in [6.45, 7) is 1.51. The fraction of sp³-hybridized carbons (Fsp3) is 0.400. The molecule has 2 saturated heterocycles. The number of hydrogen-bond donors (Lipinski definition) is 1. The predicted octanol–water partition coefficient (Wildman–Crippen LogP) is 1.36. The van der Waals surface area contributed by atoms with E-state index in [0.717, 1.165) is 30.2 Å². The van der Waals surface area contributed by atoms with Crippen molar-refractivity contribution in [1.82, 2.24) is 14.6 Å². The Morgan fingerprint density at radius 2 is 2.14 bits per heavy atom. The molecule has 2 atom stereocenters. The van der Waals surface area contributed by atoms with E-state index in [1.807, 2.05) is 6.07 Å². The van der Waals surface area contributed by atoms with Crippen LogP contribution < -0.4 is 5.32 Å². The molecule has 0 bridgehead atoms. The van der Waals surface area contributed by atoms with Crippen LogP contribution in [0.3, 0.4) is 0 Å². The van der Waals surface area contributed by atoms with Crippen LogP contribution in [0.4, 0.5) is 0 Å². The lowest BCUT2D eigenvalue weighted by Crippen LogP contribution is -2.38. The van der Waals surface area contributed by atoms with Crippen LogP contribution in [0, 0.1) is 0 Å². The normalized spacial score (nSPS) is 26.3. The molecule has 0 saturated carbocycles. The number of hydrogen-bond acceptors (Lipinski definition) is 4. The van der Waals surface area contributed by atoms with Gasteiger partial charge in [0.25, 0.3) is 0 Å². The van der Waals surface area contributed by atoms with Gasteiger partial charge in [0.05, 0.1) is 4.90 Å². The van der Waals surface area contributed by atoms with Crippen molar-refractivity contribution in [2.45, 2.75) is 29.8 Å². The zero-order chi connectivity index (χ0) is 14.4. The van der Waals surface area contributed by atoms with Gasteiger partial charge < -0.3 is 5.32 Å². The molecule has 6 heteroatoms. The second-order valence-electron chi connectivity index (χ2n) is 5.67. The minimum atomic E-state index is -3.45. The fourth-order valence-electron chi connectivity index (χ4n) is 3.57. The molecule has 1 aromatic carbocycles. The molecule has 2 aliphatic rings. The van der Waals surface area contributed by atoms with Gasteiger partial charge in [-0.1, -0.05) is 12.1 Å². The summed E-state index contributed by atoms with van der Waals surface area (Å²) in [5.41, 5.74) is 0. The summed E-state index contributed by atoms with van der Waals surface area (Å²) in [7, 11) is -3.45. The Hall–Kier alpha value is -1.50. The van der Waals surface area contributed by atoms with Crippen LogP contribution in [0.1, 0.15) is 12.8 Å². The van der Waals surface area contributed by atoms with E-state index in [4.69, 9.17) is 0 Å². The van der Waals surface area contributed by atoms with Gasteiger partial charge in [-0.15, -0.1) is 0 Å². The zero-order valence-corrected chi connectivity index (χ0v) is 12.4. The minimum absolute atomic E-state index is 0.104. The summed E-state index contributed by atoms with van der Waals surface area (Å²) in [5, 5.41) is 5.00. The summed E-state index contributed by atoms with van der Waals surface area (Å²) in [5.74, 6) is 0. The van der Waals surface area contributed by atoms with Crippen LogP contribution in [0.25, 0.3) is 10.8 Å². The second kappa shape index (κ2) is 4.76. The van der Waals surface area contributed by atoms with E-state index in [9.17, 15) is 8.42 Å². The molecule has 2 aromatic rings. The molecule has 1 N–H and O–H groups in total. The predicted molar refractivity (Wildman–Crippen MR) is 80.4 cm³/mol. The molecule has 0 aliphatic carbocycles. The number of nitrogens with one attached hydrogen (secondary N) is 1. The molecule has 0 spiro atoms. The Labute approximate surface area is 124 Å². The summed E-state index contributed by atoms with van der Waals surface area (Å²) in [6.07, 6.45) is 5.15. The molecular formula is C15H17N3O2S. The molecule has 5 nitrogen and oxygen atoms in total. The van der Waals surface area contributed by atoms with Crippen LogP contribution in [0.5, 0.6) is 0 Å². The van der Waals surface area contributed by atoms with Gasteiger partial charge in [0.15, 0.2) is 0 Å². The molecule has 0 radical (unpaired) electrons. The van der Waals surface area contributed by atoms with Crippen LogP contribution in [-0.4, -0.2) is 42.9 Å². The fourth-order valence-corrected chi connectivity index (χ4v) is 5.49. The smallest absolute Gasteiger partial charge is 0.243 e. The van der Waals surface area contributed by atoms with Crippen molar-refractivity contribution in [1.29, 1.82) is 0 Å². The molecule has 0 unspecified atom stereocenters. The molecule has 4 rings (SSSR count). The number of fused-ring (bicyclic) bond motifs is 2. The minimum Gasteiger partial charge on any atom is -0.312 e. The molecule has 2 fully saturated rings. The van der Waals surface area contributed by atoms with E-state index in [2.05, 4.69) is 10.3 Å². The Kier molecular flexibility index (Phi) is 2.99. The third-order valence-corrected chi connectivity index (χ3v) is 6.55. The average molecular weight is 303 g/mol. The number of nitrogens with zero attached hydrogens (tertiary/aromatic N) is 2. The number of sulfonamides is 1. The van der Waals surface area contributed by atoms with Gasteiger partial charge in [0.2, 0.25) is 10.0 Å². The highest BCUT2D eigenvalue weighted by Gasteiger charge is 2.44. The summed E-state index contributed by atoms with van der Waals surface area (Å²) in [4.78, 5) is 4.47. The Morgan fingerprint density at radius 3 is 3.05 bits per heavy atom. The maximum absolute atomic E-state index is 13.1. The van der Waals surface area contributed by atoms with Gasteiger partial charge >= 0.3 is 0 Å². The largest absolute Gasteiger partial charge is 0.312 e. The number of aromatic nitrogens is 1. The molecule has 1 aromatic heterocycles. The maximum atomic E-state index is 13.1. The molecule has 21 heavy (non-hydrogen) atoms. The molecule has 2 aliphatic heterocycles. The second-order valence-corrected chi connectivity index (χ2v) is 7.53. The first-order valence-corrected chi connectivity index (χ1v) is 8.70. The van der Waals surface area contributed by atoms with Crippen LogP contribution >= 0.6 is 0 Å². The Bertz CT molecular complexity index is 785. The van der Waals surface area contributed by atoms with Crippen molar-refractivity contribution >= 4 is 20.8 Å². The number of pyridine rings is 1. The first-order chi connectivity index (χ1) is 10.2. The van der Waals surface area contributed by atoms with Gasteiger partial charge in [0.1, 0.15) is 0 Å². The highest BCUT2D eigenvalue weighted by atomic mass is 32.2. The number of rotatable bonds is 2. The topological polar surface area (TPSA) is 62.3 Å². The highest BCUT2D eigenvalue weighted by Crippen LogP contribution is 2.33. The summed E-state index contributed by atoms with van der Waals surface area (Å²) >= 11 is 0. The van der Waals surface area contributed by atoms with Crippen LogP contribution in [-0.2, 0) is 10.0 Å². The summed E-state index contributed by atoms with van der Waals surface area (Å²) < 4.78 is 27.8. The highest BCUT2D eigenvalue weighted by molar-refractivity contribution is 7.89. The van der Waals surface area contributed by atoms with E-state index < -0.39 is 10.0 Å². The first kappa shape index (κ1) is 13.2. The third kappa shape index (κ3) is 1.97. The summed E-state index contributed by atoms with van der Waals surface area (Å²) in [6, 6.07) is 7.59. The molecule has 0 amide bonds. The monoisotopic (exact) mass is 303 g/mol. The lowest BCUT2D eigenvalue weighted by atomic mass is 10.1. The van der Waals surface area contributed by atoms with Gasteiger partial charge in [-0.25, -0.2) is 8.42 Å². The van der Waals surface area contributed by atoms with Gasteiger partial charge in [-0.05, 0) is 31.5 Å². The van der Waals surface area contributed by atoms with E-state index in [-0.39, 0.29) is 6.04 Å². The quantitative estimate of drug-likeness (QED) is 0.910. The van der Waals surface area contributed by atoms with Gasteiger partial charge in [-0.2, -0.15) is 4.31 Å². The lowest BCUT2D eigenvalue weighted by Gasteiger charge is -2.23. The van der Waals surface area contributed by atoms with E-state index in [1.165, 1.54) is 0 Å². The van der Waals surface area contributed by atoms with Crippen LogP contribution in [0.2, 0.25) is 0 Å². The molecular weight excluding hydrogens is 286 g/mol. The zero-order valence-electron chi connectivity index (χ0n) is 11.6. The van der Waals surface area contributed by atoms with Gasteiger partial charge in [-0.3, -0.25) is 4.98 Å². The van der Waals surface area contributed by atoms with Crippen molar-refractivity contribution < 1.29 is 8.42 Å². The molecule has 110 valence electrons. The lowest BCUT2D eigenvalue weighted by molar-refractivity contribution is 0.386. The maximum Gasteiger partial charge on any atom is 0.243 e. The van der Waals surface area contributed by atoms with Crippen molar-refractivity contribution in [2.75, 3.05) is 13.1 Å². The molecule has 3 heterocycles.